The molecule has 1 saturated heterocycles. The zero-order valence-corrected chi connectivity index (χ0v) is 23.2. The van der Waals surface area contributed by atoms with Crippen LogP contribution in [0.5, 0.6) is 0 Å². The maximum absolute atomic E-state index is 13.7. The van der Waals surface area contributed by atoms with E-state index in [-0.39, 0.29) is 17.9 Å². The molecule has 0 aliphatic carbocycles. The molecule has 4 aromatic rings. The molecule has 1 aliphatic rings. The highest BCUT2D eigenvalue weighted by Crippen LogP contribution is 2.28. The summed E-state index contributed by atoms with van der Waals surface area (Å²) in [6, 6.07) is 35.6. The number of amides is 1. The van der Waals surface area contributed by atoms with Gasteiger partial charge in [0.2, 0.25) is 5.91 Å². The third-order valence-corrected chi connectivity index (χ3v) is 7.70. The molecular weight excluding hydrogens is 510 g/mol. The van der Waals surface area contributed by atoms with E-state index < -0.39 is 12.0 Å². The zero-order valence-electron chi connectivity index (χ0n) is 23.2. The number of carboxylic acid groups (broad SMARTS) is 1. The van der Waals surface area contributed by atoms with Gasteiger partial charge in [-0.05, 0) is 36.6 Å². The van der Waals surface area contributed by atoms with Gasteiger partial charge >= 0.3 is 5.97 Å². The maximum atomic E-state index is 13.7. The van der Waals surface area contributed by atoms with Gasteiger partial charge in [-0.3, -0.25) is 14.7 Å². The first-order valence-electron chi connectivity index (χ1n) is 14.1. The Labute approximate surface area is 241 Å². The average molecular weight is 546 g/mol. The van der Waals surface area contributed by atoms with Crippen LogP contribution in [0.4, 0.5) is 5.69 Å². The van der Waals surface area contributed by atoms with Gasteiger partial charge in [-0.2, -0.15) is 0 Å². The number of likely N-dealkylation sites (tertiary alicyclic amines) is 1. The van der Waals surface area contributed by atoms with Crippen LogP contribution in [0.1, 0.15) is 47.9 Å². The third-order valence-electron chi connectivity index (χ3n) is 7.70. The van der Waals surface area contributed by atoms with E-state index in [4.69, 9.17) is 4.99 Å². The summed E-state index contributed by atoms with van der Waals surface area (Å²) in [5.41, 5.74) is 4.70. The molecule has 1 amide bonds. The first kappa shape index (κ1) is 28.0. The van der Waals surface area contributed by atoms with E-state index in [1.165, 1.54) is 5.56 Å². The smallest absolute Gasteiger partial charge is 0.329 e. The van der Waals surface area contributed by atoms with Crippen molar-refractivity contribution in [2.45, 2.75) is 44.3 Å². The van der Waals surface area contributed by atoms with Crippen molar-refractivity contribution in [3.8, 4) is 0 Å². The first-order chi connectivity index (χ1) is 20.0. The molecule has 1 aliphatic heterocycles. The van der Waals surface area contributed by atoms with Gasteiger partial charge in [0.25, 0.3) is 0 Å². The largest absolute Gasteiger partial charge is 0.480 e. The van der Waals surface area contributed by atoms with Crippen molar-refractivity contribution in [1.82, 2.24) is 4.90 Å². The maximum Gasteiger partial charge on any atom is 0.329 e. The number of aliphatic carboxylic acids is 1. The number of rotatable bonds is 10. The number of benzene rings is 4. The number of carbonyl (C=O) groups is 2. The number of nitrogens with one attached hydrogen (secondary N) is 1. The van der Waals surface area contributed by atoms with E-state index in [2.05, 4.69) is 22.3 Å². The predicted molar refractivity (Wildman–Crippen MR) is 163 cm³/mol. The summed E-state index contributed by atoms with van der Waals surface area (Å²) in [6.45, 7) is 3.47. The van der Waals surface area contributed by atoms with Crippen molar-refractivity contribution >= 4 is 23.3 Å². The predicted octanol–water partition coefficient (Wildman–Crippen LogP) is 6.38. The lowest BCUT2D eigenvalue weighted by Crippen LogP contribution is -2.39. The fourth-order valence-electron chi connectivity index (χ4n) is 5.50. The van der Waals surface area contributed by atoms with Gasteiger partial charge in [-0.1, -0.05) is 116 Å². The molecule has 0 aromatic heterocycles. The Kier molecular flexibility index (Phi) is 9.02. The molecule has 1 fully saturated rings. The molecule has 208 valence electrons. The molecule has 3 atom stereocenters. The molecule has 0 spiro atoms. The van der Waals surface area contributed by atoms with Gasteiger partial charge in [0.05, 0.1) is 17.4 Å². The van der Waals surface area contributed by atoms with E-state index in [9.17, 15) is 14.7 Å². The molecule has 0 unspecified atom stereocenters. The second-order valence-electron chi connectivity index (χ2n) is 10.5. The third kappa shape index (κ3) is 6.79. The van der Waals surface area contributed by atoms with E-state index in [1.54, 1.807) is 0 Å². The first-order valence-corrected chi connectivity index (χ1v) is 14.1. The van der Waals surface area contributed by atoms with Crippen LogP contribution in [0.15, 0.2) is 120 Å². The summed E-state index contributed by atoms with van der Waals surface area (Å²) in [4.78, 5) is 33.3. The van der Waals surface area contributed by atoms with Crippen LogP contribution in [0, 0.1) is 0 Å². The molecular formula is C35H35N3O3. The van der Waals surface area contributed by atoms with E-state index in [1.807, 2.05) is 110 Å². The lowest BCUT2D eigenvalue weighted by atomic mass is 9.92. The van der Waals surface area contributed by atoms with E-state index in [0.29, 0.717) is 17.0 Å². The van der Waals surface area contributed by atoms with Crippen molar-refractivity contribution in [2.75, 3.05) is 11.9 Å². The standard InChI is InChI=1S/C35H35N3O3/c1-25(27-16-7-3-8-17-27)32(35(40)41)37-33(28-18-9-4-10-19-28)29-20-11-12-21-30(29)36-34(39)31-22-13-23-38(31)24-26-14-5-2-6-15-26/h2-12,14-21,25,31-32H,13,22-24H2,1H3,(H,36,39)(H,40,41)/t25-,31+,32+/m1/s1. The minimum atomic E-state index is -1.02. The highest BCUT2D eigenvalue weighted by molar-refractivity contribution is 6.17. The quantitative estimate of drug-likeness (QED) is 0.227. The Morgan fingerprint density at radius 2 is 1.49 bits per heavy atom. The van der Waals surface area contributed by atoms with Crippen molar-refractivity contribution in [3.05, 3.63) is 138 Å². The summed E-state index contributed by atoms with van der Waals surface area (Å²) < 4.78 is 0. The number of hydrogen-bond donors (Lipinski definition) is 2. The van der Waals surface area contributed by atoms with Gasteiger partial charge in [0.1, 0.15) is 0 Å². The zero-order chi connectivity index (χ0) is 28.6. The number of nitrogens with zero attached hydrogens (tertiary/aromatic N) is 2. The molecule has 2 N–H and O–H groups in total. The Morgan fingerprint density at radius 1 is 0.878 bits per heavy atom. The van der Waals surface area contributed by atoms with Crippen LogP contribution in [-0.4, -0.2) is 46.2 Å². The molecule has 5 rings (SSSR count). The Hall–Kier alpha value is -4.55. The van der Waals surface area contributed by atoms with Crippen LogP contribution in [0.2, 0.25) is 0 Å². The number of carbonyl (C=O) groups excluding carboxylic acids is 1. The minimum Gasteiger partial charge on any atom is -0.480 e. The average Bonchev–Trinajstić information content (AvgIpc) is 3.47. The van der Waals surface area contributed by atoms with Crippen LogP contribution in [0.25, 0.3) is 0 Å². The second kappa shape index (κ2) is 13.2. The number of carboxylic acids is 1. The van der Waals surface area contributed by atoms with Gasteiger partial charge < -0.3 is 10.4 Å². The van der Waals surface area contributed by atoms with Crippen LogP contribution in [-0.2, 0) is 16.1 Å². The lowest BCUT2D eigenvalue weighted by Gasteiger charge is -2.25. The summed E-state index contributed by atoms with van der Waals surface area (Å²) in [6.07, 6.45) is 1.75. The topological polar surface area (TPSA) is 82.0 Å². The number of hydrogen-bond acceptors (Lipinski definition) is 4. The molecule has 41 heavy (non-hydrogen) atoms. The molecule has 6 nitrogen and oxygen atoms in total. The highest BCUT2D eigenvalue weighted by atomic mass is 16.4. The van der Waals surface area contributed by atoms with Crippen molar-refractivity contribution < 1.29 is 14.7 Å². The van der Waals surface area contributed by atoms with Gasteiger partial charge in [0.15, 0.2) is 6.04 Å². The fraction of sp³-hybridized carbons (Fsp3) is 0.229. The molecule has 6 heteroatoms. The Morgan fingerprint density at radius 3 is 2.17 bits per heavy atom. The van der Waals surface area contributed by atoms with Crippen molar-refractivity contribution in [3.63, 3.8) is 0 Å². The molecule has 1 heterocycles. The van der Waals surface area contributed by atoms with Gasteiger partial charge in [0, 0.05) is 23.6 Å². The number of anilines is 1. The number of para-hydroxylation sites is 1. The summed E-state index contributed by atoms with van der Waals surface area (Å²) in [5.74, 6) is -1.43. The van der Waals surface area contributed by atoms with Gasteiger partial charge in [-0.25, -0.2) is 4.79 Å². The lowest BCUT2D eigenvalue weighted by molar-refractivity contribution is -0.138. The molecule has 0 saturated carbocycles. The van der Waals surface area contributed by atoms with E-state index in [0.717, 1.165) is 37.1 Å². The Balaban J connectivity index is 1.48. The van der Waals surface area contributed by atoms with Crippen molar-refractivity contribution in [2.24, 2.45) is 4.99 Å². The second-order valence-corrected chi connectivity index (χ2v) is 10.5. The molecule has 0 bridgehead atoms. The minimum absolute atomic E-state index is 0.0641. The summed E-state index contributed by atoms with van der Waals surface area (Å²) in [7, 11) is 0. The normalized spacial score (nSPS) is 17.1. The van der Waals surface area contributed by atoms with Crippen molar-refractivity contribution in [1.29, 1.82) is 0 Å². The Bertz CT molecular complexity index is 1490. The summed E-state index contributed by atoms with van der Waals surface area (Å²) >= 11 is 0. The van der Waals surface area contributed by atoms with Gasteiger partial charge in [-0.15, -0.1) is 0 Å². The van der Waals surface area contributed by atoms with E-state index >= 15 is 0 Å². The summed E-state index contributed by atoms with van der Waals surface area (Å²) in [5, 5.41) is 13.4. The SMILES string of the molecule is C[C@H](c1ccccc1)[C@H](N=C(c1ccccc1)c1ccccc1NC(=O)[C@@H]1CCCN1Cc1ccccc1)C(=O)O. The monoisotopic (exact) mass is 545 g/mol. The van der Waals surface area contributed by atoms with Crippen LogP contribution in [0.3, 0.4) is 0 Å². The number of aliphatic imine (C=N–C) groups is 1. The highest BCUT2D eigenvalue weighted by Gasteiger charge is 2.32. The molecule has 0 radical (unpaired) electrons. The fourth-order valence-corrected chi connectivity index (χ4v) is 5.50. The van der Waals surface area contributed by atoms with Crippen LogP contribution >= 0.6 is 0 Å². The molecule has 4 aromatic carbocycles. The van der Waals surface area contributed by atoms with Crippen LogP contribution < -0.4 is 5.32 Å².